The third-order valence-corrected chi connectivity index (χ3v) is 12.0. The molecule has 0 aromatic rings. The number of phosphoric ester groups is 1. The summed E-state index contributed by atoms with van der Waals surface area (Å²) in [6.45, 7) is 4.17. The van der Waals surface area contributed by atoms with Gasteiger partial charge in [-0.1, -0.05) is 212 Å². The van der Waals surface area contributed by atoms with E-state index in [0.717, 1.165) is 83.5 Å². The highest BCUT2D eigenvalue weighted by Gasteiger charge is 2.28. The van der Waals surface area contributed by atoms with E-state index in [1.807, 2.05) is 36.5 Å². The SMILES string of the molecule is CC/C=C\C/C=C\C/C=C\C/C=C\C/C=C\CC(=O)OC(COC(=O)CCCCCCCCCCC/C=C\C/C=C\CCCCC)COP(=O)(O)OCC(CO)OC(=O)CC/C=C\C/C=C\C/C=C\C/C=C\CC. The molecule has 0 aliphatic carbocycles. The highest BCUT2D eigenvalue weighted by Crippen LogP contribution is 2.43. The molecule has 0 saturated carbocycles. The molecule has 3 atom stereocenters. The van der Waals surface area contributed by atoms with Crippen LogP contribution in [0.4, 0.5) is 0 Å². The molecule has 0 heterocycles. The van der Waals surface area contributed by atoms with Gasteiger partial charge in [0.15, 0.2) is 6.10 Å². The van der Waals surface area contributed by atoms with Gasteiger partial charge in [-0.05, 0) is 103 Å². The molecule has 11 nitrogen and oxygen atoms in total. The van der Waals surface area contributed by atoms with E-state index in [2.05, 4.69) is 112 Å². The number of hydrogen-bond acceptors (Lipinski definition) is 10. The quantitative estimate of drug-likeness (QED) is 0.0197. The maximum Gasteiger partial charge on any atom is 0.472 e. The first-order valence-corrected chi connectivity index (χ1v) is 29.6. The van der Waals surface area contributed by atoms with Gasteiger partial charge in [0.05, 0.1) is 26.2 Å². The van der Waals surface area contributed by atoms with Crippen LogP contribution in [0.5, 0.6) is 0 Å². The molecular formula is C62H99O11P. The lowest BCUT2D eigenvalue weighted by atomic mass is 10.1. The first-order chi connectivity index (χ1) is 36.2. The Morgan fingerprint density at radius 2 is 0.784 bits per heavy atom. The van der Waals surface area contributed by atoms with E-state index in [-0.39, 0.29) is 19.3 Å². The molecule has 0 fully saturated rings. The number of unbranched alkanes of at least 4 members (excludes halogenated alkanes) is 12. The van der Waals surface area contributed by atoms with Gasteiger partial charge < -0.3 is 24.2 Å². The molecule has 0 amide bonds. The maximum absolute atomic E-state index is 12.9. The number of carbonyl (C=O) groups is 3. The van der Waals surface area contributed by atoms with Crippen LogP contribution in [-0.2, 0) is 42.2 Å². The van der Waals surface area contributed by atoms with Crippen LogP contribution in [0, 0.1) is 0 Å². The van der Waals surface area contributed by atoms with Gasteiger partial charge >= 0.3 is 25.7 Å². The average molecular weight is 1050 g/mol. The summed E-state index contributed by atoms with van der Waals surface area (Å²) in [5.41, 5.74) is 0. The molecule has 0 spiro atoms. The number of carbonyl (C=O) groups excluding carboxylic acids is 3. The van der Waals surface area contributed by atoms with E-state index in [1.165, 1.54) is 57.8 Å². The van der Waals surface area contributed by atoms with Crippen LogP contribution in [0.2, 0.25) is 0 Å². The molecule has 0 rings (SSSR count). The fourth-order valence-electron chi connectivity index (χ4n) is 6.89. The van der Waals surface area contributed by atoms with Gasteiger partial charge in [-0.15, -0.1) is 0 Å². The van der Waals surface area contributed by atoms with Gasteiger partial charge in [0.2, 0.25) is 0 Å². The first-order valence-electron chi connectivity index (χ1n) is 28.1. The van der Waals surface area contributed by atoms with Gasteiger partial charge in [-0.3, -0.25) is 23.4 Å². The average Bonchev–Trinajstić information content (AvgIpc) is 3.39. The Balaban J connectivity index is 4.89. The van der Waals surface area contributed by atoms with Crippen molar-refractivity contribution in [2.45, 2.75) is 213 Å². The Hall–Kier alpha value is -4.38. The van der Waals surface area contributed by atoms with Crippen molar-refractivity contribution in [1.29, 1.82) is 0 Å². The van der Waals surface area contributed by atoms with E-state index >= 15 is 0 Å². The number of esters is 3. The van der Waals surface area contributed by atoms with E-state index in [9.17, 15) is 28.9 Å². The van der Waals surface area contributed by atoms with E-state index in [1.54, 1.807) is 6.08 Å². The minimum atomic E-state index is -4.80. The molecule has 74 heavy (non-hydrogen) atoms. The van der Waals surface area contributed by atoms with Crippen molar-refractivity contribution in [3.05, 3.63) is 134 Å². The summed E-state index contributed by atoms with van der Waals surface area (Å²) >= 11 is 0. The molecule has 12 heteroatoms. The molecule has 0 aliphatic heterocycles. The summed E-state index contributed by atoms with van der Waals surface area (Å²) in [4.78, 5) is 48.4. The van der Waals surface area contributed by atoms with E-state index in [0.29, 0.717) is 19.3 Å². The Morgan fingerprint density at radius 3 is 1.24 bits per heavy atom. The largest absolute Gasteiger partial charge is 0.472 e. The summed E-state index contributed by atoms with van der Waals surface area (Å²) in [6, 6.07) is 0. The normalized spacial score (nSPS) is 14.4. The smallest absolute Gasteiger partial charge is 0.462 e. The van der Waals surface area contributed by atoms with Crippen molar-refractivity contribution >= 4 is 25.7 Å². The van der Waals surface area contributed by atoms with Gasteiger partial charge in [0.25, 0.3) is 0 Å². The zero-order chi connectivity index (χ0) is 54.1. The number of allylic oxidation sites excluding steroid dienone is 21. The van der Waals surface area contributed by atoms with Gasteiger partial charge in [-0.2, -0.15) is 0 Å². The van der Waals surface area contributed by atoms with Crippen molar-refractivity contribution in [2.75, 3.05) is 26.4 Å². The maximum atomic E-state index is 12.9. The Labute approximate surface area is 449 Å². The van der Waals surface area contributed by atoms with E-state index < -0.39 is 64.4 Å². The lowest BCUT2D eigenvalue weighted by molar-refractivity contribution is -0.160. The lowest BCUT2D eigenvalue weighted by Gasteiger charge is -2.21. The van der Waals surface area contributed by atoms with Gasteiger partial charge in [-0.25, -0.2) is 4.57 Å². The van der Waals surface area contributed by atoms with Crippen LogP contribution in [0.1, 0.15) is 201 Å². The minimum Gasteiger partial charge on any atom is -0.462 e. The predicted octanol–water partition coefficient (Wildman–Crippen LogP) is 16.6. The molecule has 0 aromatic heterocycles. The monoisotopic (exact) mass is 1050 g/mol. The van der Waals surface area contributed by atoms with Crippen molar-refractivity contribution < 1.29 is 52.2 Å². The summed E-state index contributed by atoms with van der Waals surface area (Å²) in [6.07, 6.45) is 68.9. The predicted molar refractivity (Wildman–Crippen MR) is 306 cm³/mol. The van der Waals surface area contributed by atoms with Crippen molar-refractivity contribution in [3.8, 4) is 0 Å². The zero-order valence-electron chi connectivity index (χ0n) is 46.0. The van der Waals surface area contributed by atoms with Gasteiger partial charge in [0.1, 0.15) is 12.7 Å². The molecule has 3 unspecified atom stereocenters. The number of ether oxygens (including phenoxy) is 3. The van der Waals surface area contributed by atoms with Crippen LogP contribution >= 0.6 is 7.82 Å². The molecular weight excluding hydrogens is 952 g/mol. The first kappa shape index (κ1) is 69.6. The third-order valence-electron chi connectivity index (χ3n) is 11.1. The number of hydrogen-bond donors (Lipinski definition) is 2. The minimum absolute atomic E-state index is 0.0418. The summed E-state index contributed by atoms with van der Waals surface area (Å²) in [7, 11) is -4.80. The highest BCUT2D eigenvalue weighted by atomic mass is 31.2. The topological polar surface area (TPSA) is 155 Å². The van der Waals surface area contributed by atoms with Crippen molar-refractivity contribution in [3.63, 3.8) is 0 Å². The molecule has 0 aromatic carbocycles. The zero-order valence-corrected chi connectivity index (χ0v) is 46.9. The highest BCUT2D eigenvalue weighted by molar-refractivity contribution is 7.47. The second-order valence-corrected chi connectivity index (χ2v) is 19.4. The van der Waals surface area contributed by atoms with Crippen LogP contribution < -0.4 is 0 Å². The van der Waals surface area contributed by atoms with Gasteiger partial charge in [0, 0.05) is 12.8 Å². The second-order valence-electron chi connectivity index (χ2n) is 18.0. The fourth-order valence-corrected chi connectivity index (χ4v) is 7.67. The van der Waals surface area contributed by atoms with Crippen LogP contribution in [0.3, 0.4) is 0 Å². The Bertz CT molecular complexity index is 1750. The molecule has 0 saturated heterocycles. The van der Waals surface area contributed by atoms with Crippen LogP contribution in [-0.4, -0.2) is 66.5 Å². The van der Waals surface area contributed by atoms with Crippen molar-refractivity contribution in [2.24, 2.45) is 0 Å². The molecule has 0 radical (unpaired) electrons. The third kappa shape index (κ3) is 52.5. The molecule has 418 valence electrons. The number of phosphoric acid groups is 1. The molecule has 0 aliphatic rings. The Kier molecular flexibility index (Phi) is 51.6. The number of rotatable bonds is 50. The second kappa shape index (κ2) is 54.9. The fraction of sp³-hybridized carbons (Fsp3) is 0.597. The Morgan fingerprint density at radius 1 is 0.405 bits per heavy atom. The van der Waals surface area contributed by atoms with Crippen LogP contribution in [0.25, 0.3) is 0 Å². The summed E-state index contributed by atoms with van der Waals surface area (Å²) < 4.78 is 39.2. The summed E-state index contributed by atoms with van der Waals surface area (Å²) in [5, 5.41) is 9.78. The lowest BCUT2D eigenvalue weighted by Crippen LogP contribution is -2.30. The molecule has 0 bridgehead atoms. The standard InChI is InChI=1S/C62H99O11P/c1-4-7-10-13-16-19-22-25-27-28-29-30-32-34-36-39-42-45-48-51-60(64)69-55-59(73-62(66)53-50-47-44-41-38-35-31-26-23-20-17-14-11-8-5-2)57-71-74(67,68)70-56-58(54-63)72-61(65)52-49-46-43-40-37-33-24-21-18-15-12-9-6-3/h8-9,11-12,16-21,25-27,31,33,37-38,41,43,46-47,50,58-59,63H,4-7,10,13-15,22-24,28-30,32,34-36,39-40,42,44-45,48-49,51-57H2,1-3H3,(H,67,68)/b11-8-,12-9-,19-16-,20-17-,21-18-,27-25-,31-26-,37-33-,41-38-,46-43-,50-47-. The van der Waals surface area contributed by atoms with Crippen LogP contribution in [0.15, 0.2) is 134 Å². The number of aliphatic hydroxyl groups is 1. The number of aliphatic hydroxyl groups excluding tert-OH is 1. The molecule has 2 N–H and O–H groups in total. The van der Waals surface area contributed by atoms with Crippen molar-refractivity contribution in [1.82, 2.24) is 0 Å². The summed E-state index contributed by atoms with van der Waals surface area (Å²) in [5.74, 6) is -1.73. The van der Waals surface area contributed by atoms with E-state index in [4.69, 9.17) is 23.3 Å².